The van der Waals surface area contributed by atoms with Gasteiger partial charge in [0.2, 0.25) is 5.91 Å². The van der Waals surface area contributed by atoms with Gasteiger partial charge in [-0.05, 0) is 36.4 Å². The summed E-state index contributed by atoms with van der Waals surface area (Å²) in [6.07, 6.45) is 0. The van der Waals surface area contributed by atoms with Crippen LogP contribution in [0.15, 0.2) is 46.9 Å². The number of benzene rings is 2. The van der Waals surface area contributed by atoms with E-state index in [2.05, 4.69) is 21.2 Å². The lowest BCUT2D eigenvalue weighted by molar-refractivity contribution is -0.118. The van der Waals surface area contributed by atoms with Crippen molar-refractivity contribution in [3.63, 3.8) is 0 Å². The largest absolute Gasteiger partial charge is 0.370 e. The molecule has 0 saturated carbocycles. The number of nitrogens with one attached hydrogen (secondary N) is 1. The Morgan fingerprint density at radius 2 is 1.95 bits per heavy atom. The molecule has 104 valence electrons. The number of halogens is 3. The first-order valence-corrected chi connectivity index (χ1v) is 6.53. The molecule has 0 spiro atoms. The summed E-state index contributed by atoms with van der Waals surface area (Å²) in [7, 11) is 0. The van der Waals surface area contributed by atoms with Crippen molar-refractivity contribution in [2.75, 3.05) is 5.32 Å². The van der Waals surface area contributed by atoms with E-state index in [1.807, 2.05) is 0 Å². The van der Waals surface area contributed by atoms with Crippen LogP contribution in [0.1, 0.15) is 11.6 Å². The van der Waals surface area contributed by atoms with Crippen LogP contribution >= 0.6 is 15.9 Å². The molecule has 0 aliphatic rings. The first-order chi connectivity index (χ1) is 9.47. The molecular weight excluding hydrogens is 330 g/mol. The molecule has 0 saturated heterocycles. The second-order valence-electron chi connectivity index (χ2n) is 4.16. The Kier molecular flexibility index (Phi) is 4.34. The van der Waals surface area contributed by atoms with Crippen LogP contribution < -0.4 is 11.1 Å². The highest BCUT2D eigenvalue weighted by molar-refractivity contribution is 9.10. The van der Waals surface area contributed by atoms with Crippen LogP contribution in [0, 0.1) is 11.6 Å². The van der Waals surface area contributed by atoms with E-state index in [0.29, 0.717) is 10.2 Å². The number of hydrogen-bond acceptors (Lipinski definition) is 2. The van der Waals surface area contributed by atoms with E-state index in [9.17, 15) is 13.6 Å². The predicted octanol–water partition coefficient (Wildman–Crippen LogP) is 3.37. The molecule has 0 heterocycles. The van der Waals surface area contributed by atoms with E-state index in [-0.39, 0.29) is 5.56 Å². The van der Waals surface area contributed by atoms with Gasteiger partial charge >= 0.3 is 0 Å². The van der Waals surface area contributed by atoms with E-state index in [4.69, 9.17) is 5.73 Å². The SMILES string of the molecule is NC(=O)C(Nc1cccc(F)c1)c1cc(Br)ccc1F. The number of primary amides is 1. The highest BCUT2D eigenvalue weighted by Crippen LogP contribution is 2.25. The summed E-state index contributed by atoms with van der Waals surface area (Å²) >= 11 is 3.20. The Morgan fingerprint density at radius 1 is 1.20 bits per heavy atom. The predicted molar refractivity (Wildman–Crippen MR) is 76.1 cm³/mol. The third-order valence-electron chi connectivity index (χ3n) is 2.69. The third kappa shape index (κ3) is 3.33. The van der Waals surface area contributed by atoms with Crippen molar-refractivity contribution in [1.29, 1.82) is 0 Å². The fourth-order valence-electron chi connectivity index (χ4n) is 1.78. The fraction of sp³-hybridized carbons (Fsp3) is 0.0714. The molecule has 0 radical (unpaired) electrons. The molecule has 1 unspecified atom stereocenters. The van der Waals surface area contributed by atoms with Gasteiger partial charge < -0.3 is 11.1 Å². The molecule has 0 aromatic heterocycles. The average molecular weight is 341 g/mol. The highest BCUT2D eigenvalue weighted by Gasteiger charge is 2.21. The summed E-state index contributed by atoms with van der Waals surface area (Å²) in [5.74, 6) is -1.79. The first kappa shape index (κ1) is 14.5. The van der Waals surface area contributed by atoms with Gasteiger partial charge in [0.25, 0.3) is 0 Å². The van der Waals surface area contributed by atoms with E-state index >= 15 is 0 Å². The monoisotopic (exact) mass is 340 g/mol. The molecule has 20 heavy (non-hydrogen) atoms. The number of rotatable bonds is 4. The summed E-state index contributed by atoms with van der Waals surface area (Å²) in [4.78, 5) is 11.5. The number of nitrogens with two attached hydrogens (primary N) is 1. The Balaban J connectivity index is 2.37. The van der Waals surface area contributed by atoms with Gasteiger partial charge in [0.05, 0.1) is 0 Å². The number of carbonyl (C=O) groups excluding carboxylic acids is 1. The Bertz CT molecular complexity index is 649. The normalized spacial score (nSPS) is 11.9. The maximum absolute atomic E-state index is 13.8. The molecule has 2 rings (SSSR count). The number of anilines is 1. The zero-order chi connectivity index (χ0) is 14.7. The van der Waals surface area contributed by atoms with Gasteiger partial charge in [0, 0.05) is 15.7 Å². The molecule has 0 aliphatic carbocycles. The molecule has 3 N–H and O–H groups in total. The Hall–Kier alpha value is -1.95. The second kappa shape index (κ2) is 6.00. The second-order valence-corrected chi connectivity index (χ2v) is 5.07. The minimum atomic E-state index is -1.09. The third-order valence-corrected chi connectivity index (χ3v) is 3.18. The van der Waals surface area contributed by atoms with Crippen molar-refractivity contribution in [2.45, 2.75) is 6.04 Å². The van der Waals surface area contributed by atoms with Crippen LogP contribution in [-0.2, 0) is 4.79 Å². The molecule has 3 nitrogen and oxygen atoms in total. The van der Waals surface area contributed by atoms with Gasteiger partial charge in [-0.2, -0.15) is 0 Å². The molecule has 6 heteroatoms. The summed E-state index contributed by atoms with van der Waals surface area (Å²) in [6.45, 7) is 0. The standard InChI is InChI=1S/C14H11BrF2N2O/c15-8-4-5-12(17)11(6-8)13(14(18)20)19-10-3-1-2-9(16)7-10/h1-7,13,19H,(H2,18,20). The minimum Gasteiger partial charge on any atom is -0.370 e. The minimum absolute atomic E-state index is 0.0936. The van der Waals surface area contributed by atoms with E-state index in [1.54, 1.807) is 6.07 Å². The molecule has 2 aromatic rings. The van der Waals surface area contributed by atoms with Crippen LogP contribution in [0.3, 0.4) is 0 Å². The summed E-state index contributed by atoms with van der Waals surface area (Å²) in [5.41, 5.74) is 5.73. The van der Waals surface area contributed by atoms with Crippen molar-refractivity contribution in [3.8, 4) is 0 Å². The van der Waals surface area contributed by atoms with Crippen molar-refractivity contribution in [1.82, 2.24) is 0 Å². The van der Waals surface area contributed by atoms with Gasteiger partial charge in [-0.1, -0.05) is 22.0 Å². The molecular formula is C14H11BrF2N2O. The smallest absolute Gasteiger partial charge is 0.244 e. The molecule has 0 aliphatic heterocycles. The van der Waals surface area contributed by atoms with Crippen LogP contribution in [0.4, 0.5) is 14.5 Å². The number of hydrogen-bond donors (Lipinski definition) is 2. The summed E-state index contributed by atoms with van der Waals surface area (Å²) < 4.78 is 27.6. The van der Waals surface area contributed by atoms with Gasteiger partial charge in [0.1, 0.15) is 17.7 Å². The summed E-state index contributed by atoms with van der Waals surface area (Å²) in [5, 5.41) is 2.73. The summed E-state index contributed by atoms with van der Waals surface area (Å²) in [6, 6.07) is 8.62. The zero-order valence-electron chi connectivity index (χ0n) is 10.2. The van der Waals surface area contributed by atoms with Gasteiger partial charge in [-0.3, -0.25) is 4.79 Å². The maximum atomic E-state index is 13.8. The van der Waals surface area contributed by atoms with E-state index in [0.717, 1.165) is 0 Å². The van der Waals surface area contributed by atoms with Crippen LogP contribution in [0.25, 0.3) is 0 Å². The fourth-order valence-corrected chi connectivity index (χ4v) is 2.16. The van der Waals surface area contributed by atoms with E-state index < -0.39 is 23.6 Å². The molecule has 0 bridgehead atoms. The zero-order valence-corrected chi connectivity index (χ0v) is 11.8. The quantitative estimate of drug-likeness (QED) is 0.896. The number of carbonyl (C=O) groups is 1. The molecule has 1 atom stereocenters. The van der Waals surface area contributed by atoms with Crippen LogP contribution in [0.2, 0.25) is 0 Å². The van der Waals surface area contributed by atoms with Crippen LogP contribution in [0.5, 0.6) is 0 Å². The number of amides is 1. The Morgan fingerprint density at radius 3 is 2.60 bits per heavy atom. The van der Waals surface area contributed by atoms with Gasteiger partial charge in [-0.25, -0.2) is 8.78 Å². The van der Waals surface area contributed by atoms with Crippen LogP contribution in [-0.4, -0.2) is 5.91 Å². The van der Waals surface area contributed by atoms with Crippen molar-refractivity contribution < 1.29 is 13.6 Å². The highest BCUT2D eigenvalue weighted by atomic mass is 79.9. The maximum Gasteiger partial charge on any atom is 0.244 e. The molecule has 1 amide bonds. The lowest BCUT2D eigenvalue weighted by Crippen LogP contribution is -2.28. The van der Waals surface area contributed by atoms with Gasteiger partial charge in [0.15, 0.2) is 0 Å². The van der Waals surface area contributed by atoms with Crippen molar-refractivity contribution in [2.24, 2.45) is 5.73 Å². The lowest BCUT2D eigenvalue weighted by Gasteiger charge is -2.18. The van der Waals surface area contributed by atoms with E-state index in [1.165, 1.54) is 36.4 Å². The molecule has 2 aromatic carbocycles. The van der Waals surface area contributed by atoms with Crippen molar-refractivity contribution >= 4 is 27.5 Å². The lowest BCUT2D eigenvalue weighted by atomic mass is 10.1. The first-order valence-electron chi connectivity index (χ1n) is 5.74. The Labute approximate surface area is 122 Å². The molecule has 0 fully saturated rings. The topological polar surface area (TPSA) is 55.1 Å². The average Bonchev–Trinajstić information content (AvgIpc) is 2.39. The van der Waals surface area contributed by atoms with Gasteiger partial charge in [-0.15, -0.1) is 0 Å². The van der Waals surface area contributed by atoms with Crippen molar-refractivity contribution in [3.05, 3.63) is 64.1 Å².